The van der Waals surface area contributed by atoms with Crippen LogP contribution in [0.15, 0.2) is 30.6 Å². The molecule has 0 aliphatic carbocycles. The Bertz CT molecular complexity index is 889. The van der Waals surface area contributed by atoms with Gasteiger partial charge in [-0.05, 0) is 23.4 Å². The number of allylic oxidation sites excluding steroid dienone is 1. The van der Waals surface area contributed by atoms with Crippen LogP contribution in [-0.2, 0) is 0 Å². The van der Waals surface area contributed by atoms with Crippen molar-refractivity contribution in [3.63, 3.8) is 0 Å². The zero-order valence-corrected chi connectivity index (χ0v) is 10.6. The Labute approximate surface area is 118 Å². The molecule has 0 aliphatic rings. The SMILES string of the molecule is N#CC(=CNc1cc(C#N)cc2[nH]ccc12)c1nn[nH]n1. The Kier molecular flexibility index (Phi) is 3.04. The number of hydrogen-bond acceptors (Lipinski definition) is 6. The number of rotatable bonds is 3. The largest absolute Gasteiger partial charge is 0.361 e. The van der Waals surface area contributed by atoms with Gasteiger partial charge in [-0.1, -0.05) is 0 Å². The number of nitrogens with zero attached hydrogens (tertiary/aromatic N) is 5. The Morgan fingerprint density at radius 3 is 2.95 bits per heavy atom. The van der Waals surface area contributed by atoms with E-state index in [1.165, 1.54) is 6.20 Å². The van der Waals surface area contributed by atoms with Crippen molar-refractivity contribution in [1.82, 2.24) is 25.6 Å². The fourth-order valence-electron chi connectivity index (χ4n) is 1.92. The van der Waals surface area contributed by atoms with Crippen molar-refractivity contribution in [2.45, 2.75) is 0 Å². The van der Waals surface area contributed by atoms with Gasteiger partial charge in [-0.2, -0.15) is 15.7 Å². The number of hydrogen-bond donors (Lipinski definition) is 3. The first-order valence-corrected chi connectivity index (χ1v) is 5.93. The molecule has 0 spiro atoms. The standard InChI is InChI=1S/C13H8N8/c14-5-8-3-11-10(1-2-16-11)12(4-8)17-7-9(6-15)13-18-20-21-19-13/h1-4,7,16-17H,(H,18,19,20,21). The number of anilines is 1. The number of nitriles is 2. The molecule has 0 aliphatic heterocycles. The van der Waals surface area contributed by atoms with E-state index in [0.29, 0.717) is 11.3 Å². The summed E-state index contributed by atoms with van der Waals surface area (Å²) in [5, 5.41) is 35.3. The molecule has 0 bridgehead atoms. The van der Waals surface area contributed by atoms with E-state index in [4.69, 9.17) is 10.5 Å². The second-order valence-electron chi connectivity index (χ2n) is 4.12. The quantitative estimate of drug-likeness (QED) is 0.622. The van der Waals surface area contributed by atoms with Gasteiger partial charge in [0, 0.05) is 29.0 Å². The third-order valence-corrected chi connectivity index (χ3v) is 2.88. The van der Waals surface area contributed by atoms with Crippen LogP contribution in [-0.4, -0.2) is 25.6 Å². The average molecular weight is 276 g/mol. The molecule has 3 aromatic rings. The van der Waals surface area contributed by atoms with Crippen LogP contribution in [0.25, 0.3) is 16.5 Å². The lowest BCUT2D eigenvalue weighted by atomic mass is 10.1. The van der Waals surface area contributed by atoms with E-state index in [1.54, 1.807) is 18.3 Å². The lowest BCUT2D eigenvalue weighted by Gasteiger charge is -2.04. The summed E-state index contributed by atoms with van der Waals surface area (Å²) in [6.07, 6.45) is 3.26. The van der Waals surface area contributed by atoms with Gasteiger partial charge in [0.2, 0.25) is 5.82 Å². The van der Waals surface area contributed by atoms with Crippen LogP contribution in [0, 0.1) is 22.7 Å². The third kappa shape index (κ3) is 2.29. The highest BCUT2D eigenvalue weighted by Crippen LogP contribution is 2.25. The number of benzene rings is 1. The van der Waals surface area contributed by atoms with Crippen LogP contribution in [0.5, 0.6) is 0 Å². The molecule has 0 fully saturated rings. The van der Waals surface area contributed by atoms with Crippen molar-refractivity contribution < 1.29 is 0 Å². The summed E-state index contributed by atoms with van der Waals surface area (Å²) >= 11 is 0. The summed E-state index contributed by atoms with van der Waals surface area (Å²) < 4.78 is 0. The van der Waals surface area contributed by atoms with Gasteiger partial charge in [0.25, 0.3) is 0 Å². The molecule has 0 saturated heterocycles. The highest BCUT2D eigenvalue weighted by molar-refractivity contribution is 5.94. The second-order valence-corrected chi connectivity index (χ2v) is 4.12. The van der Waals surface area contributed by atoms with Crippen LogP contribution >= 0.6 is 0 Å². The van der Waals surface area contributed by atoms with E-state index in [-0.39, 0.29) is 11.4 Å². The molecule has 0 amide bonds. The van der Waals surface area contributed by atoms with Gasteiger partial charge in [0.05, 0.1) is 11.6 Å². The molecular formula is C13H8N8. The van der Waals surface area contributed by atoms with Gasteiger partial charge < -0.3 is 10.3 Å². The lowest BCUT2D eigenvalue weighted by molar-refractivity contribution is 0.881. The molecule has 1 aromatic carbocycles. The van der Waals surface area contributed by atoms with Crippen molar-refractivity contribution >= 4 is 22.2 Å². The Hall–Kier alpha value is -3.65. The molecule has 2 heterocycles. The molecule has 2 aromatic heterocycles. The van der Waals surface area contributed by atoms with Gasteiger partial charge >= 0.3 is 0 Å². The highest BCUT2D eigenvalue weighted by Gasteiger charge is 2.07. The maximum absolute atomic E-state index is 9.11. The van der Waals surface area contributed by atoms with E-state index < -0.39 is 0 Å². The number of H-pyrrole nitrogens is 2. The summed E-state index contributed by atoms with van der Waals surface area (Å²) in [4.78, 5) is 3.05. The first-order chi connectivity index (χ1) is 10.3. The zero-order chi connectivity index (χ0) is 14.7. The molecule has 8 heteroatoms. The Morgan fingerprint density at radius 2 is 2.24 bits per heavy atom. The topological polar surface area (TPSA) is 130 Å². The van der Waals surface area contributed by atoms with Crippen LogP contribution in [0.4, 0.5) is 5.69 Å². The van der Waals surface area contributed by atoms with Crippen molar-refractivity contribution in [2.24, 2.45) is 0 Å². The monoisotopic (exact) mass is 276 g/mol. The minimum absolute atomic E-state index is 0.201. The molecule has 0 saturated carbocycles. The van der Waals surface area contributed by atoms with E-state index in [1.807, 2.05) is 12.1 Å². The summed E-state index contributed by atoms with van der Waals surface area (Å²) in [5.41, 5.74) is 2.29. The first kappa shape index (κ1) is 12.4. The zero-order valence-electron chi connectivity index (χ0n) is 10.6. The molecule has 8 nitrogen and oxygen atoms in total. The van der Waals surface area contributed by atoms with Gasteiger partial charge in [-0.3, -0.25) is 0 Å². The molecule has 21 heavy (non-hydrogen) atoms. The predicted molar refractivity (Wildman–Crippen MR) is 74.4 cm³/mol. The molecule has 0 unspecified atom stereocenters. The maximum Gasteiger partial charge on any atom is 0.216 e. The summed E-state index contributed by atoms with van der Waals surface area (Å²) in [6.45, 7) is 0. The molecular weight excluding hydrogens is 268 g/mol. The average Bonchev–Trinajstić information content (AvgIpc) is 3.18. The Morgan fingerprint density at radius 1 is 1.33 bits per heavy atom. The fourth-order valence-corrected chi connectivity index (χ4v) is 1.92. The normalized spacial score (nSPS) is 11.0. The maximum atomic E-state index is 9.11. The van der Waals surface area contributed by atoms with Crippen LogP contribution < -0.4 is 5.32 Å². The lowest BCUT2D eigenvalue weighted by Crippen LogP contribution is -1.94. The first-order valence-electron chi connectivity index (χ1n) is 5.93. The number of aromatic nitrogens is 5. The fraction of sp³-hybridized carbons (Fsp3) is 0. The van der Waals surface area contributed by atoms with Gasteiger partial charge in [-0.15, -0.1) is 10.2 Å². The van der Waals surface area contributed by atoms with Crippen LogP contribution in [0.1, 0.15) is 11.4 Å². The van der Waals surface area contributed by atoms with E-state index in [0.717, 1.165) is 10.9 Å². The van der Waals surface area contributed by atoms with Crippen LogP contribution in [0.2, 0.25) is 0 Å². The van der Waals surface area contributed by atoms with Gasteiger partial charge in [-0.25, -0.2) is 0 Å². The molecule has 0 atom stereocenters. The van der Waals surface area contributed by atoms with Crippen molar-refractivity contribution in [2.75, 3.05) is 5.32 Å². The van der Waals surface area contributed by atoms with E-state index in [2.05, 4.69) is 37.0 Å². The van der Waals surface area contributed by atoms with Crippen molar-refractivity contribution in [3.05, 3.63) is 42.0 Å². The van der Waals surface area contributed by atoms with Crippen molar-refractivity contribution in [1.29, 1.82) is 10.5 Å². The van der Waals surface area contributed by atoms with Crippen LogP contribution in [0.3, 0.4) is 0 Å². The predicted octanol–water partition coefficient (Wildman–Crippen LogP) is 1.53. The third-order valence-electron chi connectivity index (χ3n) is 2.88. The molecule has 3 rings (SSSR count). The molecule has 0 radical (unpaired) electrons. The smallest absolute Gasteiger partial charge is 0.216 e. The minimum atomic E-state index is 0.201. The summed E-state index contributed by atoms with van der Waals surface area (Å²) in [6, 6.07) is 9.43. The minimum Gasteiger partial charge on any atom is -0.361 e. The van der Waals surface area contributed by atoms with Gasteiger partial charge in [0.15, 0.2) is 0 Å². The number of nitrogens with one attached hydrogen (secondary N) is 3. The summed E-state index contributed by atoms with van der Waals surface area (Å²) in [5.74, 6) is 0.201. The number of fused-ring (bicyclic) bond motifs is 1. The molecule has 100 valence electrons. The Balaban J connectivity index is 2.00. The summed E-state index contributed by atoms with van der Waals surface area (Å²) in [7, 11) is 0. The van der Waals surface area contributed by atoms with E-state index in [9.17, 15) is 0 Å². The van der Waals surface area contributed by atoms with E-state index >= 15 is 0 Å². The number of aromatic amines is 2. The molecule has 3 N–H and O–H groups in total. The highest BCUT2D eigenvalue weighted by atomic mass is 15.5. The van der Waals surface area contributed by atoms with Gasteiger partial charge in [0.1, 0.15) is 11.6 Å². The second kappa shape index (κ2) is 5.15. The number of tetrazole rings is 1. The van der Waals surface area contributed by atoms with Crippen molar-refractivity contribution in [3.8, 4) is 12.1 Å².